The average Bonchev–Trinajstić information content (AvgIpc) is 2.87. The maximum absolute atomic E-state index is 13.3. The molecule has 1 aromatic carbocycles. The quantitative estimate of drug-likeness (QED) is 0.861. The molecule has 1 aliphatic rings. The molecular weight excluding hydrogens is 284 g/mol. The van der Waals surface area contributed by atoms with Gasteiger partial charge in [0.05, 0.1) is 5.69 Å². The van der Waals surface area contributed by atoms with Crippen LogP contribution < -0.4 is 0 Å². The average molecular weight is 308 g/mol. The van der Waals surface area contributed by atoms with E-state index in [1.54, 1.807) is 6.20 Å². The highest BCUT2D eigenvalue weighted by Gasteiger charge is 2.29. The fraction of sp³-hybridized carbons (Fsp3) is 0.400. The predicted molar refractivity (Wildman–Crippen MR) is 92.3 cm³/mol. The maximum Gasteiger partial charge on any atom is 0.236 e. The number of likely N-dealkylation sites (tertiary alicyclic amines) is 1. The number of benzene rings is 1. The number of nitrogens with zero attached hydrogens (tertiary/aromatic N) is 2. The lowest BCUT2D eigenvalue weighted by Gasteiger charge is -2.27. The first-order valence-corrected chi connectivity index (χ1v) is 8.52. The highest BCUT2D eigenvalue weighted by Crippen LogP contribution is 2.29. The summed E-state index contributed by atoms with van der Waals surface area (Å²) in [6.45, 7) is 3.81. The zero-order valence-electron chi connectivity index (χ0n) is 13.7. The topological polar surface area (TPSA) is 33.2 Å². The molecule has 1 unspecified atom stereocenters. The summed E-state index contributed by atoms with van der Waals surface area (Å²) in [4.78, 5) is 19.8. The fourth-order valence-electron chi connectivity index (χ4n) is 3.35. The largest absolute Gasteiger partial charge is 0.342 e. The molecule has 3 rings (SSSR count). The van der Waals surface area contributed by atoms with Gasteiger partial charge in [-0.2, -0.15) is 0 Å². The van der Waals surface area contributed by atoms with Crippen molar-refractivity contribution in [3.05, 3.63) is 65.5 Å². The van der Waals surface area contributed by atoms with Crippen LogP contribution in [0.5, 0.6) is 0 Å². The van der Waals surface area contributed by atoms with Gasteiger partial charge in [0, 0.05) is 19.3 Å². The Labute approximate surface area is 138 Å². The van der Waals surface area contributed by atoms with Gasteiger partial charge >= 0.3 is 0 Å². The number of pyridine rings is 1. The van der Waals surface area contributed by atoms with Crippen LogP contribution in [0.15, 0.2) is 48.7 Å². The molecule has 0 aliphatic carbocycles. The van der Waals surface area contributed by atoms with Crippen molar-refractivity contribution >= 4 is 5.91 Å². The molecule has 3 heteroatoms. The molecule has 1 saturated heterocycles. The molecule has 0 radical (unpaired) electrons. The smallest absolute Gasteiger partial charge is 0.236 e. The summed E-state index contributed by atoms with van der Waals surface area (Å²) in [5.74, 6) is -0.101. The molecule has 1 fully saturated rings. The molecular formula is C20H24N2O. The summed E-state index contributed by atoms with van der Waals surface area (Å²) in [5, 5.41) is 0. The normalized spacial score (nSPS) is 16.7. The molecule has 1 amide bonds. The Morgan fingerprint density at radius 2 is 1.70 bits per heavy atom. The maximum atomic E-state index is 13.3. The molecule has 2 aromatic rings. The van der Waals surface area contributed by atoms with Crippen LogP contribution in [-0.4, -0.2) is 28.9 Å². The van der Waals surface area contributed by atoms with Crippen LogP contribution in [0.3, 0.4) is 0 Å². The van der Waals surface area contributed by atoms with Gasteiger partial charge in [0.15, 0.2) is 0 Å². The summed E-state index contributed by atoms with van der Waals surface area (Å²) in [5.41, 5.74) is 3.06. The van der Waals surface area contributed by atoms with Crippen molar-refractivity contribution in [3.63, 3.8) is 0 Å². The molecule has 0 bridgehead atoms. The van der Waals surface area contributed by atoms with E-state index in [0.717, 1.165) is 42.8 Å². The number of amides is 1. The number of aromatic nitrogens is 1. The van der Waals surface area contributed by atoms with Crippen molar-refractivity contribution in [1.82, 2.24) is 9.88 Å². The van der Waals surface area contributed by atoms with Crippen LogP contribution in [0.2, 0.25) is 0 Å². The summed E-state index contributed by atoms with van der Waals surface area (Å²) < 4.78 is 0. The number of carbonyl (C=O) groups is 1. The Hall–Kier alpha value is -2.16. The first kappa shape index (κ1) is 15.7. The van der Waals surface area contributed by atoms with Crippen molar-refractivity contribution in [2.24, 2.45) is 0 Å². The SMILES string of the molecule is Cc1ccccc1C(C(=O)N1CCCCCC1)c1ccccn1. The first-order valence-electron chi connectivity index (χ1n) is 8.52. The molecule has 1 aromatic heterocycles. The summed E-state index contributed by atoms with van der Waals surface area (Å²) >= 11 is 0. The van der Waals surface area contributed by atoms with Crippen molar-refractivity contribution < 1.29 is 4.79 Å². The Morgan fingerprint density at radius 1 is 1.00 bits per heavy atom. The highest BCUT2D eigenvalue weighted by atomic mass is 16.2. The molecule has 3 nitrogen and oxygen atoms in total. The number of hydrogen-bond donors (Lipinski definition) is 0. The molecule has 1 atom stereocenters. The van der Waals surface area contributed by atoms with Crippen molar-refractivity contribution in [1.29, 1.82) is 0 Å². The van der Waals surface area contributed by atoms with Gasteiger partial charge in [-0.25, -0.2) is 0 Å². The summed E-state index contributed by atoms with van der Waals surface area (Å²) in [6, 6.07) is 14.0. The number of rotatable bonds is 3. The van der Waals surface area contributed by atoms with Crippen LogP contribution in [0, 0.1) is 6.92 Å². The third-order valence-electron chi connectivity index (χ3n) is 4.65. The van der Waals surface area contributed by atoms with E-state index in [1.165, 1.54) is 12.8 Å². The standard InChI is InChI=1S/C20H24N2O/c1-16-10-4-5-11-17(16)19(18-12-6-7-13-21-18)20(23)22-14-8-2-3-9-15-22/h4-7,10-13,19H,2-3,8-9,14-15H2,1H3. The molecule has 120 valence electrons. The predicted octanol–water partition coefficient (Wildman–Crippen LogP) is 3.92. The summed E-state index contributed by atoms with van der Waals surface area (Å²) in [7, 11) is 0. The lowest BCUT2D eigenvalue weighted by molar-refractivity contribution is -0.131. The Kier molecular flexibility index (Phi) is 5.06. The zero-order valence-corrected chi connectivity index (χ0v) is 13.7. The van der Waals surface area contributed by atoms with Crippen LogP contribution >= 0.6 is 0 Å². The van der Waals surface area contributed by atoms with Gasteiger partial charge in [0.1, 0.15) is 5.92 Å². The van der Waals surface area contributed by atoms with Crippen molar-refractivity contribution in [2.45, 2.75) is 38.5 Å². The highest BCUT2D eigenvalue weighted by molar-refractivity contribution is 5.87. The van der Waals surface area contributed by atoms with E-state index < -0.39 is 0 Å². The van der Waals surface area contributed by atoms with Crippen LogP contribution in [0.4, 0.5) is 0 Å². The minimum absolute atomic E-state index is 0.194. The Balaban J connectivity index is 1.98. The molecule has 0 N–H and O–H groups in total. The van der Waals surface area contributed by atoms with Crippen LogP contribution in [0.1, 0.15) is 48.4 Å². The van der Waals surface area contributed by atoms with E-state index in [9.17, 15) is 4.79 Å². The van der Waals surface area contributed by atoms with E-state index in [1.807, 2.05) is 35.2 Å². The second-order valence-electron chi connectivity index (χ2n) is 6.28. The molecule has 2 heterocycles. The molecule has 0 saturated carbocycles. The number of aryl methyl sites for hydroxylation is 1. The minimum Gasteiger partial charge on any atom is -0.342 e. The monoisotopic (exact) mass is 308 g/mol. The lowest BCUT2D eigenvalue weighted by atomic mass is 9.90. The van der Waals surface area contributed by atoms with Gasteiger partial charge in [-0.15, -0.1) is 0 Å². The van der Waals surface area contributed by atoms with Crippen LogP contribution in [0.25, 0.3) is 0 Å². The third kappa shape index (κ3) is 3.61. The van der Waals surface area contributed by atoms with Gasteiger partial charge in [0.2, 0.25) is 5.91 Å². The zero-order chi connectivity index (χ0) is 16.1. The van der Waals surface area contributed by atoms with Gasteiger partial charge in [-0.3, -0.25) is 9.78 Å². The van der Waals surface area contributed by atoms with Crippen LogP contribution in [-0.2, 0) is 4.79 Å². The Bertz CT molecular complexity index is 646. The van der Waals surface area contributed by atoms with Crippen molar-refractivity contribution in [2.75, 3.05) is 13.1 Å². The van der Waals surface area contributed by atoms with Gasteiger partial charge in [0.25, 0.3) is 0 Å². The van der Waals surface area contributed by atoms with E-state index in [4.69, 9.17) is 0 Å². The third-order valence-corrected chi connectivity index (χ3v) is 4.65. The van der Waals surface area contributed by atoms with Crippen molar-refractivity contribution in [3.8, 4) is 0 Å². The first-order chi connectivity index (χ1) is 11.3. The summed E-state index contributed by atoms with van der Waals surface area (Å²) in [6.07, 6.45) is 6.43. The van der Waals surface area contributed by atoms with E-state index >= 15 is 0 Å². The molecule has 1 aliphatic heterocycles. The second-order valence-corrected chi connectivity index (χ2v) is 6.28. The van der Waals surface area contributed by atoms with E-state index in [-0.39, 0.29) is 11.8 Å². The number of carbonyl (C=O) groups excluding carboxylic acids is 1. The van der Waals surface area contributed by atoms with Gasteiger partial charge in [-0.1, -0.05) is 43.2 Å². The lowest BCUT2D eigenvalue weighted by Crippen LogP contribution is -2.36. The fourth-order valence-corrected chi connectivity index (χ4v) is 3.35. The minimum atomic E-state index is -0.296. The van der Waals surface area contributed by atoms with E-state index in [2.05, 4.69) is 24.0 Å². The van der Waals surface area contributed by atoms with Gasteiger partial charge in [-0.05, 0) is 43.0 Å². The van der Waals surface area contributed by atoms with E-state index in [0.29, 0.717) is 0 Å². The Morgan fingerprint density at radius 3 is 2.35 bits per heavy atom. The molecule has 23 heavy (non-hydrogen) atoms. The van der Waals surface area contributed by atoms with Gasteiger partial charge < -0.3 is 4.90 Å². The number of hydrogen-bond acceptors (Lipinski definition) is 2. The second kappa shape index (κ2) is 7.40. The molecule has 0 spiro atoms.